The number of nitrogens with zero attached hydrogens (tertiary/aromatic N) is 1. The Morgan fingerprint density at radius 3 is 1.48 bits per heavy atom. The Balaban J connectivity index is 0.00000240. The van der Waals surface area contributed by atoms with Crippen molar-refractivity contribution in [2.45, 2.75) is 25.9 Å². The lowest BCUT2D eigenvalue weighted by molar-refractivity contribution is -0.00000563. The van der Waals surface area contributed by atoms with Crippen molar-refractivity contribution in [3.63, 3.8) is 0 Å². The van der Waals surface area contributed by atoms with E-state index in [1.165, 1.54) is 26.6 Å². The lowest BCUT2D eigenvalue weighted by Crippen LogP contribution is -3.00. The van der Waals surface area contributed by atoms with Crippen molar-refractivity contribution in [3.05, 3.63) is 107 Å². The number of hydrogen-bond acceptors (Lipinski definition) is 2. The van der Waals surface area contributed by atoms with Gasteiger partial charge in [0.05, 0.1) is 5.69 Å². The molecule has 1 nitrogen and oxygen atoms in total. The van der Waals surface area contributed by atoms with Gasteiger partial charge in [-0.1, -0.05) is 68.4 Å². The van der Waals surface area contributed by atoms with Gasteiger partial charge in [-0.2, -0.15) is 0 Å². The normalized spacial score (nSPS) is 11.3. The van der Waals surface area contributed by atoms with E-state index in [-0.39, 0.29) is 24.0 Å². The number of benzene rings is 3. The van der Waals surface area contributed by atoms with Crippen LogP contribution in [-0.4, -0.2) is 4.98 Å². The van der Waals surface area contributed by atoms with Gasteiger partial charge in [-0.15, -0.1) is 11.3 Å². The maximum Gasteiger partial charge on any atom is 0.131 e. The van der Waals surface area contributed by atoms with E-state index in [4.69, 9.17) is 4.98 Å². The molecule has 4 rings (SSSR count). The van der Waals surface area contributed by atoms with Crippen LogP contribution < -0.4 is 39.9 Å². The molecule has 0 spiro atoms. The number of thiazole rings is 1. The summed E-state index contributed by atoms with van der Waals surface area (Å²) in [5.74, 6) is 0.461. The van der Waals surface area contributed by atoms with E-state index < -0.39 is 7.26 Å². The third kappa shape index (κ3) is 4.63. The van der Waals surface area contributed by atoms with E-state index in [9.17, 15) is 0 Å². The van der Waals surface area contributed by atoms with Gasteiger partial charge in [0.15, 0.2) is 0 Å². The molecule has 0 aliphatic carbocycles. The average molecular weight is 529 g/mol. The Kier molecular flexibility index (Phi) is 7.61. The first-order valence-corrected chi connectivity index (χ1v) is 12.5. The molecule has 0 aliphatic heterocycles. The van der Waals surface area contributed by atoms with Gasteiger partial charge in [0.1, 0.15) is 34.3 Å². The summed E-state index contributed by atoms with van der Waals surface area (Å²) in [6, 6.07) is 33.1. The molecule has 4 heteroatoms. The Morgan fingerprint density at radius 2 is 1.14 bits per heavy atom. The van der Waals surface area contributed by atoms with E-state index in [2.05, 4.69) is 110 Å². The van der Waals surface area contributed by atoms with Gasteiger partial charge < -0.3 is 24.0 Å². The van der Waals surface area contributed by atoms with Crippen molar-refractivity contribution in [2.24, 2.45) is 0 Å². The highest BCUT2D eigenvalue weighted by Gasteiger charge is 2.46. The van der Waals surface area contributed by atoms with Crippen molar-refractivity contribution in [1.82, 2.24) is 4.98 Å². The fourth-order valence-electron chi connectivity index (χ4n) is 3.63. The first-order chi connectivity index (χ1) is 13.7. The van der Waals surface area contributed by atoms with Gasteiger partial charge in [-0.25, -0.2) is 4.98 Å². The highest BCUT2D eigenvalue weighted by atomic mass is 127. The van der Waals surface area contributed by atoms with Crippen molar-refractivity contribution in [3.8, 4) is 0 Å². The standard InChI is InChI=1S/C25H25NPS.HI/c1-20(2)24-19-28-25(26-24)18-27(21-12-6-3-7-13-21,22-14-8-4-9-15-22)23-16-10-5-11-17-23;/h3-17,19-20H,18H2,1-2H3;1H/q+1;/p-1. The summed E-state index contributed by atoms with van der Waals surface area (Å²) in [5.41, 5.74) is 1.20. The fourth-order valence-corrected chi connectivity index (χ4v) is 9.22. The Morgan fingerprint density at radius 1 is 0.724 bits per heavy atom. The smallest absolute Gasteiger partial charge is 0.131 e. The lowest BCUT2D eigenvalue weighted by Gasteiger charge is -2.26. The SMILES string of the molecule is CC(C)c1csc(C[P+](c2ccccc2)(c2ccccc2)c2ccccc2)n1.[I-]. The molecule has 0 amide bonds. The van der Waals surface area contributed by atoms with Crippen LogP contribution in [0.2, 0.25) is 0 Å². The zero-order valence-electron chi connectivity index (χ0n) is 16.7. The van der Waals surface area contributed by atoms with Gasteiger partial charge in [-0.3, -0.25) is 0 Å². The monoisotopic (exact) mass is 529 g/mol. The number of hydrogen-bond donors (Lipinski definition) is 0. The van der Waals surface area contributed by atoms with E-state index in [0.29, 0.717) is 5.92 Å². The van der Waals surface area contributed by atoms with Gasteiger partial charge in [0.2, 0.25) is 0 Å². The van der Waals surface area contributed by atoms with Crippen LogP contribution in [-0.2, 0) is 6.16 Å². The first-order valence-electron chi connectivity index (χ1n) is 9.69. The highest BCUT2D eigenvalue weighted by molar-refractivity contribution is 7.95. The summed E-state index contributed by atoms with van der Waals surface area (Å²) in [7, 11) is -1.84. The topological polar surface area (TPSA) is 12.9 Å². The first kappa shape index (κ1) is 22.1. The molecule has 148 valence electrons. The second-order valence-electron chi connectivity index (χ2n) is 7.30. The molecule has 1 aromatic heterocycles. The predicted molar refractivity (Wildman–Crippen MR) is 125 cm³/mol. The minimum Gasteiger partial charge on any atom is -1.00 e. The van der Waals surface area contributed by atoms with Crippen LogP contribution in [0.15, 0.2) is 96.4 Å². The molecular weight excluding hydrogens is 504 g/mol. The van der Waals surface area contributed by atoms with Crippen LogP contribution in [0.4, 0.5) is 0 Å². The molecule has 1 heterocycles. The number of rotatable bonds is 6. The van der Waals surface area contributed by atoms with Crippen molar-refractivity contribution >= 4 is 34.5 Å². The van der Waals surface area contributed by atoms with E-state index >= 15 is 0 Å². The van der Waals surface area contributed by atoms with Crippen LogP contribution in [0.5, 0.6) is 0 Å². The predicted octanol–water partition coefficient (Wildman–Crippen LogP) is 2.76. The lowest BCUT2D eigenvalue weighted by atomic mass is 10.2. The average Bonchev–Trinajstić information content (AvgIpc) is 3.23. The third-order valence-electron chi connectivity index (χ3n) is 5.12. The second kappa shape index (κ2) is 9.97. The van der Waals surface area contributed by atoms with Crippen LogP contribution in [0.3, 0.4) is 0 Å². The molecule has 29 heavy (non-hydrogen) atoms. The van der Waals surface area contributed by atoms with Crippen molar-refractivity contribution < 1.29 is 24.0 Å². The van der Waals surface area contributed by atoms with Crippen LogP contribution in [0.25, 0.3) is 0 Å². The molecule has 0 N–H and O–H groups in total. The minimum atomic E-state index is -1.84. The molecule has 0 bridgehead atoms. The zero-order chi connectivity index (χ0) is 19.4. The molecular formula is C25H25INPS. The number of aromatic nitrogens is 1. The van der Waals surface area contributed by atoms with Gasteiger partial charge in [0, 0.05) is 5.38 Å². The van der Waals surface area contributed by atoms with Crippen molar-refractivity contribution in [1.29, 1.82) is 0 Å². The Bertz CT molecular complexity index is 920. The second-order valence-corrected chi connectivity index (χ2v) is 11.7. The summed E-state index contributed by atoms with van der Waals surface area (Å²) in [6.07, 6.45) is 0.961. The van der Waals surface area contributed by atoms with Crippen LogP contribution >= 0.6 is 18.6 Å². The van der Waals surface area contributed by atoms with E-state index in [1.807, 2.05) is 0 Å². The molecule has 0 unspecified atom stereocenters. The maximum absolute atomic E-state index is 5.02. The largest absolute Gasteiger partial charge is 1.00 e. The summed E-state index contributed by atoms with van der Waals surface area (Å²) < 4.78 is 0. The molecule has 3 aromatic carbocycles. The third-order valence-corrected chi connectivity index (χ3v) is 10.5. The Labute approximate surface area is 195 Å². The quantitative estimate of drug-likeness (QED) is 0.277. The highest BCUT2D eigenvalue weighted by Crippen LogP contribution is 2.58. The molecule has 0 saturated carbocycles. The van der Waals surface area contributed by atoms with Gasteiger partial charge in [0.25, 0.3) is 0 Å². The summed E-state index contributed by atoms with van der Waals surface area (Å²) in [4.78, 5) is 5.02. The van der Waals surface area contributed by atoms with Crippen LogP contribution in [0.1, 0.15) is 30.5 Å². The van der Waals surface area contributed by atoms with Gasteiger partial charge >= 0.3 is 0 Å². The molecule has 0 atom stereocenters. The molecule has 0 fully saturated rings. The molecule has 0 aliphatic rings. The summed E-state index contributed by atoms with van der Waals surface area (Å²) in [5, 5.41) is 7.69. The van der Waals surface area contributed by atoms with E-state index in [0.717, 1.165) is 6.16 Å². The zero-order valence-corrected chi connectivity index (χ0v) is 20.6. The van der Waals surface area contributed by atoms with Crippen molar-refractivity contribution in [2.75, 3.05) is 0 Å². The molecule has 0 radical (unpaired) electrons. The van der Waals surface area contributed by atoms with Gasteiger partial charge in [-0.05, 0) is 42.3 Å². The maximum atomic E-state index is 5.02. The minimum absolute atomic E-state index is 0. The molecule has 4 aromatic rings. The molecule has 0 saturated heterocycles. The number of halogens is 1. The fraction of sp³-hybridized carbons (Fsp3) is 0.160. The Hall–Kier alpha value is -1.55. The van der Waals surface area contributed by atoms with E-state index in [1.54, 1.807) is 11.3 Å². The summed E-state index contributed by atoms with van der Waals surface area (Å²) in [6.45, 7) is 4.43. The van der Waals surface area contributed by atoms with Crippen LogP contribution in [0, 0.1) is 0 Å². The summed E-state index contributed by atoms with van der Waals surface area (Å²) >= 11 is 1.81.